The first-order valence-corrected chi connectivity index (χ1v) is 12.6. The van der Waals surface area contributed by atoms with Crippen LogP contribution in [0, 0.1) is 5.92 Å². The van der Waals surface area contributed by atoms with Gasteiger partial charge < -0.3 is 26.2 Å². The SMILES string of the molecule is CC[C@H](Cc1cccc(-c2ccc(NC(C)=O)cc2)c1)C(=O)NCC[C@@H](NC(=O)CCCC(=O)O)C(=O)O. The van der Waals surface area contributed by atoms with Gasteiger partial charge in [0.15, 0.2) is 0 Å². The lowest BCUT2D eigenvalue weighted by molar-refractivity contribution is -0.142. The highest BCUT2D eigenvalue weighted by Crippen LogP contribution is 2.24. The van der Waals surface area contributed by atoms with Crippen molar-refractivity contribution in [2.75, 3.05) is 11.9 Å². The molecule has 0 radical (unpaired) electrons. The summed E-state index contributed by atoms with van der Waals surface area (Å²) in [6.07, 6.45) is 0.956. The van der Waals surface area contributed by atoms with Crippen molar-refractivity contribution in [3.63, 3.8) is 0 Å². The third kappa shape index (κ3) is 10.4. The number of carbonyl (C=O) groups is 5. The van der Waals surface area contributed by atoms with E-state index in [1.165, 1.54) is 6.92 Å². The summed E-state index contributed by atoms with van der Waals surface area (Å²) in [6, 6.07) is 14.2. The van der Waals surface area contributed by atoms with Crippen LogP contribution in [0.4, 0.5) is 5.69 Å². The van der Waals surface area contributed by atoms with Gasteiger partial charge in [-0.3, -0.25) is 19.2 Å². The van der Waals surface area contributed by atoms with E-state index in [2.05, 4.69) is 16.0 Å². The number of hydrogen-bond acceptors (Lipinski definition) is 5. The molecule has 5 N–H and O–H groups in total. The number of amides is 3. The van der Waals surface area contributed by atoms with E-state index in [-0.39, 0.29) is 50.0 Å². The second kappa shape index (κ2) is 15.1. The molecule has 2 aromatic rings. The summed E-state index contributed by atoms with van der Waals surface area (Å²) < 4.78 is 0. The summed E-state index contributed by atoms with van der Waals surface area (Å²) in [7, 11) is 0. The van der Waals surface area contributed by atoms with Gasteiger partial charge in [-0.25, -0.2) is 4.79 Å². The van der Waals surface area contributed by atoms with Crippen LogP contribution in [0.3, 0.4) is 0 Å². The first-order valence-electron chi connectivity index (χ1n) is 12.6. The minimum atomic E-state index is -1.22. The summed E-state index contributed by atoms with van der Waals surface area (Å²) in [4.78, 5) is 58.0. The van der Waals surface area contributed by atoms with Crippen LogP contribution in [-0.2, 0) is 30.4 Å². The monoisotopic (exact) mass is 525 g/mol. The van der Waals surface area contributed by atoms with Gasteiger partial charge in [0.1, 0.15) is 6.04 Å². The molecule has 0 spiro atoms. The Kier molecular flexibility index (Phi) is 12.0. The number of aliphatic carboxylic acids is 2. The van der Waals surface area contributed by atoms with Crippen LogP contribution in [0.2, 0.25) is 0 Å². The van der Waals surface area contributed by atoms with Crippen molar-refractivity contribution in [1.82, 2.24) is 10.6 Å². The normalized spacial score (nSPS) is 12.2. The quantitative estimate of drug-likeness (QED) is 0.238. The fourth-order valence-corrected chi connectivity index (χ4v) is 3.94. The Hall–Kier alpha value is -4.21. The van der Waals surface area contributed by atoms with Crippen molar-refractivity contribution in [2.45, 2.75) is 58.4 Å². The highest BCUT2D eigenvalue weighted by molar-refractivity contribution is 5.89. The van der Waals surface area contributed by atoms with Crippen LogP contribution in [0.5, 0.6) is 0 Å². The third-order valence-corrected chi connectivity index (χ3v) is 5.97. The Morgan fingerprint density at radius 3 is 2.24 bits per heavy atom. The largest absolute Gasteiger partial charge is 0.481 e. The van der Waals surface area contributed by atoms with Gasteiger partial charge in [0.05, 0.1) is 0 Å². The van der Waals surface area contributed by atoms with E-state index in [0.29, 0.717) is 18.5 Å². The molecule has 204 valence electrons. The summed E-state index contributed by atoms with van der Waals surface area (Å²) in [5.41, 5.74) is 3.65. The molecule has 0 aliphatic heterocycles. The number of carboxylic acid groups (broad SMARTS) is 2. The molecule has 0 aliphatic carbocycles. The van der Waals surface area contributed by atoms with Gasteiger partial charge >= 0.3 is 11.9 Å². The molecule has 0 unspecified atom stereocenters. The predicted octanol–water partition coefficient (Wildman–Crippen LogP) is 3.21. The van der Waals surface area contributed by atoms with Gasteiger partial charge in [-0.05, 0) is 54.5 Å². The third-order valence-electron chi connectivity index (χ3n) is 5.97. The minimum absolute atomic E-state index is 0.00610. The highest BCUT2D eigenvalue weighted by atomic mass is 16.4. The van der Waals surface area contributed by atoms with E-state index in [0.717, 1.165) is 16.7 Å². The first kappa shape index (κ1) is 30.0. The molecule has 2 aromatic carbocycles. The maximum Gasteiger partial charge on any atom is 0.326 e. The maximum atomic E-state index is 12.8. The van der Waals surface area contributed by atoms with Crippen molar-refractivity contribution in [2.24, 2.45) is 5.92 Å². The van der Waals surface area contributed by atoms with E-state index in [4.69, 9.17) is 5.11 Å². The lowest BCUT2D eigenvalue weighted by Gasteiger charge is -2.18. The topological polar surface area (TPSA) is 162 Å². The average molecular weight is 526 g/mol. The Balaban J connectivity index is 1.91. The van der Waals surface area contributed by atoms with Gasteiger partial charge in [-0.15, -0.1) is 0 Å². The Morgan fingerprint density at radius 1 is 0.921 bits per heavy atom. The molecule has 2 rings (SSSR count). The van der Waals surface area contributed by atoms with Crippen LogP contribution in [-0.4, -0.2) is 52.5 Å². The van der Waals surface area contributed by atoms with Crippen LogP contribution in [0.25, 0.3) is 11.1 Å². The molecule has 0 heterocycles. The predicted molar refractivity (Wildman–Crippen MR) is 142 cm³/mol. The first-order chi connectivity index (χ1) is 18.1. The van der Waals surface area contributed by atoms with E-state index >= 15 is 0 Å². The molecule has 3 amide bonds. The summed E-state index contributed by atoms with van der Waals surface area (Å²) >= 11 is 0. The number of benzene rings is 2. The van der Waals surface area contributed by atoms with Crippen LogP contribution in [0.15, 0.2) is 48.5 Å². The van der Waals surface area contributed by atoms with Gasteiger partial charge in [-0.2, -0.15) is 0 Å². The number of carbonyl (C=O) groups excluding carboxylic acids is 3. The standard InChI is InChI=1S/C28H35N3O7/c1-3-20(27(36)29-15-14-24(28(37)38)31-25(33)8-5-9-26(34)35)16-19-6-4-7-22(17-19)21-10-12-23(13-11-21)30-18(2)32/h4,6-7,10-13,17,20,24H,3,5,8-9,14-16H2,1-2H3,(H,29,36)(H,30,32)(H,31,33)(H,34,35)(H,37,38)/t20-,24-/m1/s1. The molecule has 0 aromatic heterocycles. The fourth-order valence-electron chi connectivity index (χ4n) is 3.94. The van der Waals surface area contributed by atoms with E-state index in [1.54, 1.807) is 0 Å². The van der Waals surface area contributed by atoms with E-state index < -0.39 is 23.9 Å². The van der Waals surface area contributed by atoms with Crippen molar-refractivity contribution < 1.29 is 34.2 Å². The molecule has 10 heteroatoms. The van der Waals surface area contributed by atoms with Crippen molar-refractivity contribution >= 4 is 35.3 Å². The van der Waals surface area contributed by atoms with Gasteiger partial charge in [0.2, 0.25) is 17.7 Å². The van der Waals surface area contributed by atoms with Crippen molar-refractivity contribution in [3.05, 3.63) is 54.1 Å². The molecule has 2 atom stereocenters. The number of nitrogens with one attached hydrogen (secondary N) is 3. The Bertz CT molecular complexity index is 1130. The Morgan fingerprint density at radius 2 is 1.63 bits per heavy atom. The molecular formula is C28H35N3O7. The number of carboxylic acids is 2. The zero-order valence-electron chi connectivity index (χ0n) is 21.7. The van der Waals surface area contributed by atoms with Crippen LogP contribution < -0.4 is 16.0 Å². The fraction of sp³-hybridized carbons (Fsp3) is 0.393. The lowest BCUT2D eigenvalue weighted by atomic mass is 9.93. The summed E-state index contributed by atoms with van der Waals surface area (Å²) in [5.74, 6) is -3.44. The second-order valence-electron chi connectivity index (χ2n) is 9.05. The smallest absolute Gasteiger partial charge is 0.326 e. The molecule has 38 heavy (non-hydrogen) atoms. The maximum absolute atomic E-state index is 12.8. The number of rotatable bonds is 15. The van der Waals surface area contributed by atoms with Crippen molar-refractivity contribution in [1.29, 1.82) is 0 Å². The van der Waals surface area contributed by atoms with E-state index in [1.807, 2.05) is 55.5 Å². The highest BCUT2D eigenvalue weighted by Gasteiger charge is 2.22. The molecule has 0 saturated carbocycles. The van der Waals surface area contributed by atoms with Crippen molar-refractivity contribution in [3.8, 4) is 11.1 Å². The molecule has 0 aliphatic rings. The minimum Gasteiger partial charge on any atom is -0.481 e. The molecule has 0 bridgehead atoms. The van der Waals surface area contributed by atoms with Gasteiger partial charge in [-0.1, -0.05) is 43.3 Å². The van der Waals surface area contributed by atoms with Gasteiger partial charge in [0.25, 0.3) is 0 Å². The molecular weight excluding hydrogens is 490 g/mol. The summed E-state index contributed by atoms with van der Waals surface area (Å²) in [6.45, 7) is 3.43. The zero-order valence-corrected chi connectivity index (χ0v) is 21.7. The summed E-state index contributed by atoms with van der Waals surface area (Å²) in [5, 5.41) is 25.9. The second-order valence-corrected chi connectivity index (χ2v) is 9.05. The molecule has 0 fully saturated rings. The van der Waals surface area contributed by atoms with Crippen LogP contribution >= 0.6 is 0 Å². The van der Waals surface area contributed by atoms with E-state index in [9.17, 15) is 29.1 Å². The zero-order chi connectivity index (χ0) is 28.1. The number of anilines is 1. The number of hydrogen-bond donors (Lipinski definition) is 5. The Labute approximate surface area is 221 Å². The average Bonchev–Trinajstić information content (AvgIpc) is 2.86. The van der Waals surface area contributed by atoms with Crippen LogP contribution in [0.1, 0.15) is 51.5 Å². The molecule has 10 nitrogen and oxygen atoms in total. The van der Waals surface area contributed by atoms with Gasteiger partial charge in [0, 0.05) is 37.9 Å². The lowest BCUT2D eigenvalue weighted by Crippen LogP contribution is -2.43. The molecule has 0 saturated heterocycles.